The third-order valence-corrected chi connectivity index (χ3v) is 4.36. The lowest BCUT2D eigenvalue weighted by Gasteiger charge is -2.35. The van der Waals surface area contributed by atoms with Crippen LogP contribution in [0.1, 0.15) is 30.1 Å². The van der Waals surface area contributed by atoms with E-state index in [1.54, 1.807) is 12.1 Å². The Morgan fingerprint density at radius 1 is 1.50 bits per heavy atom. The highest BCUT2D eigenvalue weighted by molar-refractivity contribution is 5.94. The maximum atomic E-state index is 12.2. The minimum atomic E-state index is -0.0753. The van der Waals surface area contributed by atoms with Gasteiger partial charge in [-0.2, -0.15) is 0 Å². The van der Waals surface area contributed by atoms with Gasteiger partial charge in [-0.1, -0.05) is 6.07 Å². The summed E-state index contributed by atoms with van der Waals surface area (Å²) in [6, 6.07) is 7.87. The topological polar surface area (TPSA) is 50.8 Å². The molecule has 5 heteroatoms. The van der Waals surface area contributed by atoms with E-state index in [2.05, 4.69) is 10.2 Å². The summed E-state index contributed by atoms with van der Waals surface area (Å²) >= 11 is 0. The molecule has 2 fully saturated rings. The number of nitrogens with one attached hydrogen (secondary N) is 1. The molecule has 2 aliphatic heterocycles. The van der Waals surface area contributed by atoms with Crippen LogP contribution in [0.4, 0.5) is 0 Å². The van der Waals surface area contributed by atoms with Gasteiger partial charge in [-0.15, -0.1) is 0 Å². The molecule has 2 aliphatic rings. The van der Waals surface area contributed by atoms with Gasteiger partial charge in [0.05, 0.1) is 19.3 Å². The van der Waals surface area contributed by atoms with Crippen molar-refractivity contribution in [3.05, 3.63) is 29.8 Å². The van der Waals surface area contributed by atoms with Gasteiger partial charge in [-0.25, -0.2) is 0 Å². The van der Waals surface area contributed by atoms with E-state index >= 15 is 0 Å². The fraction of sp³-hybridized carbons (Fsp3) is 0.588. The zero-order valence-corrected chi connectivity index (χ0v) is 13.1. The van der Waals surface area contributed by atoms with Crippen molar-refractivity contribution < 1.29 is 14.3 Å². The Morgan fingerprint density at radius 3 is 3.27 bits per heavy atom. The number of rotatable bonds is 5. The molecule has 120 valence electrons. The fourth-order valence-electron chi connectivity index (χ4n) is 3.21. The van der Waals surface area contributed by atoms with Crippen molar-refractivity contribution in [2.45, 2.75) is 31.9 Å². The van der Waals surface area contributed by atoms with Crippen LogP contribution >= 0.6 is 0 Å². The zero-order valence-electron chi connectivity index (χ0n) is 13.1. The molecular formula is C17H24N2O3. The SMILES string of the molecule is CCOc1cccc(C(=O)NC[C@H]2CN3CCC[C@@H]3CO2)c1. The number of benzene rings is 1. The molecule has 1 N–H and O–H groups in total. The number of morpholine rings is 1. The fourth-order valence-corrected chi connectivity index (χ4v) is 3.21. The van der Waals surface area contributed by atoms with Crippen LogP contribution in [-0.4, -0.2) is 55.8 Å². The molecule has 0 aromatic heterocycles. The minimum Gasteiger partial charge on any atom is -0.494 e. The molecule has 2 heterocycles. The second-order valence-corrected chi connectivity index (χ2v) is 5.92. The van der Waals surface area contributed by atoms with Gasteiger partial charge in [0.2, 0.25) is 0 Å². The molecule has 0 saturated carbocycles. The number of hydrogen-bond acceptors (Lipinski definition) is 4. The van der Waals surface area contributed by atoms with Crippen LogP contribution in [0.25, 0.3) is 0 Å². The van der Waals surface area contributed by atoms with Crippen molar-refractivity contribution in [3.8, 4) is 5.75 Å². The second kappa shape index (κ2) is 7.11. The van der Waals surface area contributed by atoms with Gasteiger partial charge in [0.15, 0.2) is 0 Å². The highest BCUT2D eigenvalue weighted by atomic mass is 16.5. The highest BCUT2D eigenvalue weighted by Gasteiger charge is 2.32. The third kappa shape index (κ3) is 3.59. The van der Waals surface area contributed by atoms with Gasteiger partial charge in [0, 0.05) is 24.7 Å². The minimum absolute atomic E-state index is 0.0753. The molecule has 0 spiro atoms. The van der Waals surface area contributed by atoms with E-state index in [0.29, 0.717) is 24.8 Å². The number of nitrogens with zero attached hydrogens (tertiary/aromatic N) is 1. The van der Waals surface area contributed by atoms with Crippen molar-refractivity contribution in [1.29, 1.82) is 0 Å². The van der Waals surface area contributed by atoms with Crippen LogP contribution in [-0.2, 0) is 4.74 Å². The van der Waals surface area contributed by atoms with E-state index in [9.17, 15) is 4.79 Å². The lowest BCUT2D eigenvalue weighted by molar-refractivity contribution is -0.0461. The van der Waals surface area contributed by atoms with Crippen LogP contribution in [0, 0.1) is 0 Å². The maximum absolute atomic E-state index is 12.2. The van der Waals surface area contributed by atoms with Gasteiger partial charge in [0.1, 0.15) is 5.75 Å². The molecule has 2 saturated heterocycles. The van der Waals surface area contributed by atoms with E-state index in [4.69, 9.17) is 9.47 Å². The molecular weight excluding hydrogens is 280 g/mol. The molecule has 3 rings (SSSR count). The smallest absolute Gasteiger partial charge is 0.251 e. The van der Waals surface area contributed by atoms with E-state index in [0.717, 1.165) is 25.4 Å². The summed E-state index contributed by atoms with van der Waals surface area (Å²) < 4.78 is 11.3. The average molecular weight is 304 g/mol. The predicted molar refractivity (Wildman–Crippen MR) is 84.3 cm³/mol. The quantitative estimate of drug-likeness (QED) is 0.899. The summed E-state index contributed by atoms with van der Waals surface area (Å²) in [5.74, 6) is 0.651. The van der Waals surface area contributed by atoms with Crippen molar-refractivity contribution in [2.75, 3.05) is 32.8 Å². The van der Waals surface area contributed by atoms with E-state index in [1.165, 1.54) is 12.8 Å². The first-order valence-corrected chi connectivity index (χ1v) is 8.13. The van der Waals surface area contributed by atoms with E-state index in [1.807, 2.05) is 19.1 Å². The van der Waals surface area contributed by atoms with E-state index < -0.39 is 0 Å². The van der Waals surface area contributed by atoms with Gasteiger partial charge in [-0.3, -0.25) is 9.69 Å². The first-order valence-electron chi connectivity index (χ1n) is 8.13. The Hall–Kier alpha value is -1.59. The average Bonchev–Trinajstić information content (AvgIpc) is 3.01. The Morgan fingerprint density at radius 2 is 2.41 bits per heavy atom. The van der Waals surface area contributed by atoms with Gasteiger partial charge < -0.3 is 14.8 Å². The summed E-state index contributed by atoms with van der Waals surface area (Å²) in [7, 11) is 0. The number of carbonyl (C=O) groups is 1. The molecule has 0 unspecified atom stereocenters. The van der Waals surface area contributed by atoms with Crippen molar-refractivity contribution >= 4 is 5.91 Å². The largest absolute Gasteiger partial charge is 0.494 e. The van der Waals surface area contributed by atoms with Crippen molar-refractivity contribution in [2.24, 2.45) is 0 Å². The molecule has 0 aliphatic carbocycles. The summed E-state index contributed by atoms with van der Waals surface area (Å²) in [6.07, 6.45) is 2.59. The van der Waals surface area contributed by atoms with Crippen LogP contribution in [0.5, 0.6) is 5.75 Å². The second-order valence-electron chi connectivity index (χ2n) is 5.92. The van der Waals surface area contributed by atoms with Crippen molar-refractivity contribution in [3.63, 3.8) is 0 Å². The number of fused-ring (bicyclic) bond motifs is 1. The first-order chi connectivity index (χ1) is 10.8. The summed E-state index contributed by atoms with van der Waals surface area (Å²) in [5, 5.41) is 2.97. The number of carbonyl (C=O) groups excluding carboxylic acids is 1. The molecule has 0 bridgehead atoms. The maximum Gasteiger partial charge on any atom is 0.251 e. The van der Waals surface area contributed by atoms with Crippen molar-refractivity contribution in [1.82, 2.24) is 10.2 Å². The Labute approximate surface area is 131 Å². The van der Waals surface area contributed by atoms with Crippen LogP contribution in [0.2, 0.25) is 0 Å². The molecule has 0 radical (unpaired) electrons. The standard InChI is InChI=1S/C17H24N2O3/c1-2-21-15-7-3-5-13(9-15)17(20)18-10-16-11-19-8-4-6-14(19)12-22-16/h3,5,7,9,14,16H,2,4,6,8,10-12H2,1H3,(H,18,20)/t14-,16+/m1/s1. The predicted octanol–water partition coefficient (Wildman–Crippen LogP) is 1.68. The lowest BCUT2D eigenvalue weighted by atomic mass is 10.1. The molecule has 5 nitrogen and oxygen atoms in total. The molecule has 22 heavy (non-hydrogen) atoms. The number of ether oxygens (including phenoxy) is 2. The Bertz CT molecular complexity index is 520. The lowest BCUT2D eigenvalue weighted by Crippen LogP contribution is -2.50. The molecule has 1 amide bonds. The summed E-state index contributed by atoms with van der Waals surface area (Å²) in [4.78, 5) is 14.7. The Kier molecular flexibility index (Phi) is 4.95. The normalized spacial score (nSPS) is 24.8. The Balaban J connectivity index is 1.50. The van der Waals surface area contributed by atoms with Crippen LogP contribution < -0.4 is 10.1 Å². The first kappa shape index (κ1) is 15.3. The summed E-state index contributed by atoms with van der Waals surface area (Å²) in [5.41, 5.74) is 0.626. The molecule has 1 aromatic carbocycles. The summed E-state index contributed by atoms with van der Waals surface area (Å²) in [6.45, 7) is 5.96. The number of amides is 1. The zero-order chi connectivity index (χ0) is 15.4. The van der Waals surface area contributed by atoms with Crippen LogP contribution in [0.3, 0.4) is 0 Å². The van der Waals surface area contributed by atoms with Gasteiger partial charge in [0.25, 0.3) is 5.91 Å². The van der Waals surface area contributed by atoms with E-state index in [-0.39, 0.29) is 12.0 Å². The highest BCUT2D eigenvalue weighted by Crippen LogP contribution is 2.22. The van der Waals surface area contributed by atoms with Crippen LogP contribution in [0.15, 0.2) is 24.3 Å². The molecule has 1 aromatic rings. The van der Waals surface area contributed by atoms with Gasteiger partial charge >= 0.3 is 0 Å². The monoisotopic (exact) mass is 304 g/mol. The van der Waals surface area contributed by atoms with Gasteiger partial charge in [-0.05, 0) is 44.5 Å². The molecule has 2 atom stereocenters. The number of hydrogen-bond donors (Lipinski definition) is 1. The third-order valence-electron chi connectivity index (χ3n) is 4.36.